The van der Waals surface area contributed by atoms with E-state index in [2.05, 4.69) is 9.97 Å². The van der Waals surface area contributed by atoms with E-state index in [0.717, 1.165) is 25.0 Å². The van der Waals surface area contributed by atoms with Crippen molar-refractivity contribution in [1.29, 1.82) is 0 Å². The molecule has 1 aromatic rings. The Kier molecular flexibility index (Phi) is 1.96. The van der Waals surface area contributed by atoms with Crippen molar-refractivity contribution in [2.75, 3.05) is 7.11 Å². The van der Waals surface area contributed by atoms with Crippen molar-refractivity contribution in [2.45, 2.75) is 18.8 Å². The van der Waals surface area contributed by atoms with Crippen LogP contribution >= 0.6 is 0 Å². The molecule has 0 bridgehead atoms. The third kappa shape index (κ3) is 1.66. The van der Waals surface area contributed by atoms with Gasteiger partial charge in [0, 0.05) is 12.0 Å². The zero-order valence-electron chi connectivity index (χ0n) is 7.36. The smallest absolute Gasteiger partial charge is 0.217 e. The Morgan fingerprint density at radius 1 is 1.54 bits per heavy atom. The van der Waals surface area contributed by atoms with E-state index in [1.807, 2.05) is 0 Å². The first-order valence-corrected chi connectivity index (χ1v) is 4.21. The molecule has 1 aliphatic rings. The van der Waals surface area contributed by atoms with Crippen LogP contribution in [0.5, 0.6) is 5.88 Å². The van der Waals surface area contributed by atoms with Crippen LogP contribution in [0.1, 0.15) is 35.1 Å². The summed E-state index contributed by atoms with van der Waals surface area (Å²) in [4.78, 5) is 18.8. The minimum Gasteiger partial charge on any atom is -0.481 e. The van der Waals surface area contributed by atoms with Gasteiger partial charge in [0.05, 0.1) is 7.11 Å². The fourth-order valence-electron chi connectivity index (χ4n) is 1.15. The van der Waals surface area contributed by atoms with Crippen LogP contribution in [-0.4, -0.2) is 23.4 Å². The molecule has 1 heterocycles. The molecule has 68 valence electrons. The summed E-state index contributed by atoms with van der Waals surface area (Å²) >= 11 is 0. The highest BCUT2D eigenvalue weighted by Gasteiger charge is 2.27. The lowest BCUT2D eigenvalue weighted by Gasteiger charge is -2.02. The van der Waals surface area contributed by atoms with Crippen molar-refractivity contribution in [2.24, 2.45) is 0 Å². The maximum atomic E-state index is 10.5. The predicted octanol–water partition coefficient (Wildman–Crippen LogP) is 1.18. The van der Waals surface area contributed by atoms with Crippen molar-refractivity contribution in [3.8, 4) is 5.88 Å². The average molecular weight is 178 g/mol. The number of hydrogen-bond donors (Lipinski definition) is 0. The molecule has 0 unspecified atom stereocenters. The Bertz CT molecular complexity index is 334. The van der Waals surface area contributed by atoms with Gasteiger partial charge in [-0.15, -0.1) is 0 Å². The molecule has 1 aliphatic carbocycles. The molecule has 0 radical (unpaired) electrons. The van der Waals surface area contributed by atoms with E-state index >= 15 is 0 Å². The van der Waals surface area contributed by atoms with Gasteiger partial charge in [0.15, 0.2) is 6.29 Å². The Labute approximate surface area is 76.0 Å². The van der Waals surface area contributed by atoms with Gasteiger partial charge in [-0.25, -0.2) is 4.98 Å². The van der Waals surface area contributed by atoms with E-state index in [4.69, 9.17) is 4.74 Å². The highest BCUT2D eigenvalue weighted by Crippen LogP contribution is 2.38. The maximum Gasteiger partial charge on any atom is 0.217 e. The van der Waals surface area contributed by atoms with Crippen molar-refractivity contribution in [3.05, 3.63) is 17.6 Å². The van der Waals surface area contributed by atoms with Gasteiger partial charge in [0.25, 0.3) is 0 Å². The van der Waals surface area contributed by atoms with Crippen LogP contribution in [0, 0.1) is 0 Å². The second-order valence-corrected chi connectivity index (χ2v) is 3.09. The standard InChI is InChI=1S/C9H10N2O2/c1-13-8-4-7(5-12)10-9(11-8)6-2-3-6/h4-6H,2-3H2,1H3. The molecule has 4 nitrogen and oxygen atoms in total. The molecule has 0 aliphatic heterocycles. The molecule has 0 aromatic carbocycles. The number of aromatic nitrogens is 2. The zero-order valence-corrected chi connectivity index (χ0v) is 7.36. The number of methoxy groups -OCH3 is 1. The van der Waals surface area contributed by atoms with Crippen LogP contribution in [0.25, 0.3) is 0 Å². The number of rotatable bonds is 3. The first-order valence-electron chi connectivity index (χ1n) is 4.21. The largest absolute Gasteiger partial charge is 0.481 e. The normalized spacial score (nSPS) is 15.5. The van der Waals surface area contributed by atoms with Gasteiger partial charge in [-0.2, -0.15) is 4.98 Å². The quantitative estimate of drug-likeness (QED) is 0.652. The average Bonchev–Trinajstić information content (AvgIpc) is 3.00. The van der Waals surface area contributed by atoms with Gasteiger partial charge in [0.1, 0.15) is 11.5 Å². The first kappa shape index (κ1) is 8.16. The SMILES string of the molecule is COc1cc(C=O)nc(C2CC2)n1. The molecule has 0 saturated heterocycles. The summed E-state index contributed by atoms with van der Waals surface area (Å²) in [5.74, 6) is 1.65. The number of carbonyl (C=O) groups excluding carboxylic acids is 1. The number of ether oxygens (including phenoxy) is 1. The second-order valence-electron chi connectivity index (χ2n) is 3.09. The number of aldehydes is 1. The summed E-state index contributed by atoms with van der Waals surface area (Å²) in [6, 6.07) is 1.54. The number of carbonyl (C=O) groups is 1. The third-order valence-electron chi connectivity index (χ3n) is 2.01. The van der Waals surface area contributed by atoms with E-state index in [-0.39, 0.29) is 0 Å². The summed E-state index contributed by atoms with van der Waals surface area (Å²) in [7, 11) is 1.54. The molecular weight excluding hydrogens is 168 g/mol. The van der Waals surface area contributed by atoms with Crippen LogP contribution in [-0.2, 0) is 0 Å². The first-order chi connectivity index (χ1) is 6.33. The minimum atomic E-state index is 0.397. The third-order valence-corrected chi connectivity index (χ3v) is 2.01. The second kappa shape index (κ2) is 3.12. The number of hydrogen-bond acceptors (Lipinski definition) is 4. The molecule has 0 spiro atoms. The van der Waals surface area contributed by atoms with Gasteiger partial charge in [0.2, 0.25) is 5.88 Å². The molecule has 0 N–H and O–H groups in total. The maximum absolute atomic E-state index is 10.5. The van der Waals surface area contributed by atoms with E-state index in [9.17, 15) is 4.79 Å². The van der Waals surface area contributed by atoms with Gasteiger partial charge >= 0.3 is 0 Å². The summed E-state index contributed by atoms with van der Waals surface area (Å²) in [6.07, 6.45) is 2.95. The van der Waals surface area contributed by atoms with Gasteiger partial charge in [-0.1, -0.05) is 0 Å². The molecule has 1 saturated carbocycles. The summed E-state index contributed by atoms with van der Waals surface area (Å²) < 4.78 is 4.97. The Morgan fingerprint density at radius 3 is 2.85 bits per heavy atom. The molecule has 4 heteroatoms. The fourth-order valence-corrected chi connectivity index (χ4v) is 1.15. The summed E-state index contributed by atoms with van der Waals surface area (Å²) in [5.41, 5.74) is 0.397. The molecular formula is C9H10N2O2. The number of nitrogens with zero attached hydrogens (tertiary/aromatic N) is 2. The van der Waals surface area contributed by atoms with Crippen molar-refractivity contribution >= 4 is 6.29 Å². The van der Waals surface area contributed by atoms with Crippen LogP contribution in [0.4, 0.5) is 0 Å². The summed E-state index contributed by atoms with van der Waals surface area (Å²) in [5, 5.41) is 0. The highest BCUT2D eigenvalue weighted by molar-refractivity contribution is 5.72. The molecule has 1 aromatic heterocycles. The molecule has 1 fully saturated rings. The van der Waals surface area contributed by atoms with E-state index in [0.29, 0.717) is 17.5 Å². The topological polar surface area (TPSA) is 52.1 Å². The molecule has 0 amide bonds. The Balaban J connectivity index is 2.38. The van der Waals surface area contributed by atoms with Gasteiger partial charge in [-0.3, -0.25) is 4.79 Å². The lowest BCUT2D eigenvalue weighted by Crippen LogP contribution is -1.99. The van der Waals surface area contributed by atoms with Gasteiger partial charge < -0.3 is 4.74 Å². The molecule has 13 heavy (non-hydrogen) atoms. The van der Waals surface area contributed by atoms with E-state index < -0.39 is 0 Å². The monoisotopic (exact) mass is 178 g/mol. The fraction of sp³-hybridized carbons (Fsp3) is 0.444. The van der Waals surface area contributed by atoms with Gasteiger partial charge in [-0.05, 0) is 12.8 Å². The van der Waals surface area contributed by atoms with Crippen LogP contribution in [0.2, 0.25) is 0 Å². The lowest BCUT2D eigenvalue weighted by molar-refractivity contribution is 0.111. The van der Waals surface area contributed by atoms with Crippen LogP contribution in [0.15, 0.2) is 6.07 Å². The van der Waals surface area contributed by atoms with Crippen molar-refractivity contribution in [1.82, 2.24) is 9.97 Å². The highest BCUT2D eigenvalue weighted by atomic mass is 16.5. The van der Waals surface area contributed by atoms with E-state index in [1.54, 1.807) is 6.07 Å². The van der Waals surface area contributed by atoms with E-state index in [1.165, 1.54) is 7.11 Å². The van der Waals surface area contributed by atoms with Crippen molar-refractivity contribution < 1.29 is 9.53 Å². The molecule has 0 atom stereocenters. The zero-order chi connectivity index (χ0) is 9.26. The van der Waals surface area contributed by atoms with Crippen LogP contribution < -0.4 is 4.74 Å². The Hall–Kier alpha value is -1.45. The molecule has 2 rings (SSSR count). The minimum absolute atomic E-state index is 0.397. The van der Waals surface area contributed by atoms with Crippen LogP contribution in [0.3, 0.4) is 0 Å². The lowest BCUT2D eigenvalue weighted by atomic mass is 10.3. The Morgan fingerprint density at radius 2 is 2.31 bits per heavy atom. The summed E-state index contributed by atoms with van der Waals surface area (Å²) in [6.45, 7) is 0. The predicted molar refractivity (Wildman–Crippen MR) is 45.9 cm³/mol. The van der Waals surface area contributed by atoms with Crippen molar-refractivity contribution in [3.63, 3.8) is 0 Å².